The van der Waals surface area contributed by atoms with E-state index in [0.717, 1.165) is 29.3 Å². The van der Waals surface area contributed by atoms with Crippen LogP contribution in [0.4, 0.5) is 9.93 Å². The first-order chi connectivity index (χ1) is 15.0. The normalized spacial score (nSPS) is 14.1. The van der Waals surface area contributed by atoms with E-state index in [1.807, 2.05) is 23.1 Å². The monoisotopic (exact) mass is 440 g/mol. The second kappa shape index (κ2) is 9.01. The summed E-state index contributed by atoms with van der Waals surface area (Å²) < 4.78 is 11.8. The molecule has 0 radical (unpaired) electrons. The van der Waals surface area contributed by atoms with Gasteiger partial charge < -0.3 is 24.6 Å². The van der Waals surface area contributed by atoms with Crippen molar-refractivity contribution in [3.63, 3.8) is 0 Å². The van der Waals surface area contributed by atoms with Crippen LogP contribution in [0.2, 0.25) is 0 Å². The molecule has 1 fully saturated rings. The van der Waals surface area contributed by atoms with Crippen LogP contribution in [0.3, 0.4) is 0 Å². The number of rotatable bonds is 5. The molecule has 2 aromatic carbocycles. The van der Waals surface area contributed by atoms with Crippen molar-refractivity contribution >= 4 is 32.7 Å². The van der Waals surface area contributed by atoms with Crippen LogP contribution in [-0.4, -0.2) is 56.3 Å². The molecule has 0 saturated carbocycles. The SMILES string of the molecule is COc1ccc(CNC(=O)N2CCN(c3nc4c(C)c(C)ccc4s3)CC2)cc1OC. The van der Waals surface area contributed by atoms with Gasteiger partial charge in [0.15, 0.2) is 16.6 Å². The summed E-state index contributed by atoms with van der Waals surface area (Å²) in [6.07, 6.45) is 0. The number of methoxy groups -OCH3 is 2. The highest BCUT2D eigenvalue weighted by atomic mass is 32.1. The van der Waals surface area contributed by atoms with Crippen molar-refractivity contribution < 1.29 is 14.3 Å². The number of fused-ring (bicyclic) bond motifs is 1. The van der Waals surface area contributed by atoms with Gasteiger partial charge in [-0.1, -0.05) is 23.5 Å². The van der Waals surface area contributed by atoms with E-state index in [9.17, 15) is 4.79 Å². The number of aryl methyl sites for hydroxylation is 2. The van der Waals surface area contributed by atoms with Gasteiger partial charge in [-0.25, -0.2) is 9.78 Å². The van der Waals surface area contributed by atoms with Crippen LogP contribution < -0.4 is 19.7 Å². The van der Waals surface area contributed by atoms with E-state index in [-0.39, 0.29) is 6.03 Å². The Hall–Kier alpha value is -3.00. The second-order valence-electron chi connectivity index (χ2n) is 7.67. The van der Waals surface area contributed by atoms with E-state index in [4.69, 9.17) is 14.5 Å². The van der Waals surface area contributed by atoms with E-state index in [1.54, 1.807) is 25.6 Å². The maximum atomic E-state index is 12.6. The van der Waals surface area contributed by atoms with Crippen molar-refractivity contribution in [3.05, 3.63) is 47.0 Å². The van der Waals surface area contributed by atoms with Gasteiger partial charge in [0, 0.05) is 32.7 Å². The maximum absolute atomic E-state index is 12.6. The van der Waals surface area contributed by atoms with E-state index in [0.29, 0.717) is 31.1 Å². The molecule has 7 nitrogen and oxygen atoms in total. The minimum atomic E-state index is -0.0507. The highest BCUT2D eigenvalue weighted by molar-refractivity contribution is 7.22. The van der Waals surface area contributed by atoms with Crippen LogP contribution in [-0.2, 0) is 6.54 Å². The fourth-order valence-corrected chi connectivity index (χ4v) is 4.81. The predicted octanol–water partition coefficient (Wildman–Crippen LogP) is 3.96. The average molecular weight is 441 g/mol. The first-order valence-electron chi connectivity index (χ1n) is 10.4. The molecule has 0 aliphatic carbocycles. The molecule has 4 rings (SSSR count). The lowest BCUT2D eigenvalue weighted by atomic mass is 10.1. The number of piperazine rings is 1. The number of thiazole rings is 1. The Morgan fingerprint density at radius 1 is 1.06 bits per heavy atom. The lowest BCUT2D eigenvalue weighted by Crippen LogP contribution is -2.51. The number of aromatic nitrogens is 1. The molecule has 1 N–H and O–H groups in total. The summed E-state index contributed by atoms with van der Waals surface area (Å²) in [6.45, 7) is 7.59. The highest BCUT2D eigenvalue weighted by Gasteiger charge is 2.23. The zero-order valence-corrected chi connectivity index (χ0v) is 19.2. The zero-order chi connectivity index (χ0) is 22.0. The zero-order valence-electron chi connectivity index (χ0n) is 18.4. The molecule has 1 aromatic heterocycles. The molecule has 164 valence electrons. The third kappa shape index (κ3) is 4.39. The molecule has 0 bridgehead atoms. The topological polar surface area (TPSA) is 66.9 Å². The fraction of sp³-hybridized carbons (Fsp3) is 0.391. The van der Waals surface area contributed by atoms with Crippen molar-refractivity contribution in [2.45, 2.75) is 20.4 Å². The van der Waals surface area contributed by atoms with Crippen molar-refractivity contribution in [1.82, 2.24) is 15.2 Å². The standard InChI is InChI=1S/C23H28N4O3S/c1-15-5-8-20-21(16(15)2)25-23(31-20)27-11-9-26(10-12-27)22(28)24-14-17-6-7-18(29-3)19(13-17)30-4/h5-8,13H,9-12,14H2,1-4H3,(H,24,28). The Morgan fingerprint density at radius 2 is 1.81 bits per heavy atom. The summed E-state index contributed by atoms with van der Waals surface area (Å²) in [4.78, 5) is 21.7. The first-order valence-corrected chi connectivity index (χ1v) is 11.2. The summed E-state index contributed by atoms with van der Waals surface area (Å²) in [5.41, 5.74) is 4.56. The quantitative estimate of drug-likeness (QED) is 0.650. The number of nitrogens with one attached hydrogen (secondary N) is 1. The predicted molar refractivity (Wildman–Crippen MR) is 125 cm³/mol. The number of hydrogen-bond donors (Lipinski definition) is 1. The van der Waals surface area contributed by atoms with Crippen molar-refractivity contribution in [2.24, 2.45) is 0 Å². The number of carbonyl (C=O) groups is 1. The van der Waals surface area contributed by atoms with Crippen LogP contribution in [0.5, 0.6) is 11.5 Å². The summed E-state index contributed by atoms with van der Waals surface area (Å²) in [6, 6.07) is 9.91. The van der Waals surface area contributed by atoms with Crippen LogP contribution in [0.15, 0.2) is 30.3 Å². The van der Waals surface area contributed by atoms with Gasteiger partial charge in [0.2, 0.25) is 0 Å². The minimum absolute atomic E-state index is 0.0507. The second-order valence-corrected chi connectivity index (χ2v) is 8.68. The van der Waals surface area contributed by atoms with Crippen LogP contribution in [0, 0.1) is 13.8 Å². The average Bonchev–Trinajstić information content (AvgIpc) is 3.25. The van der Waals surface area contributed by atoms with Gasteiger partial charge in [-0.15, -0.1) is 0 Å². The summed E-state index contributed by atoms with van der Waals surface area (Å²) in [5.74, 6) is 1.33. The molecule has 3 aromatic rings. The first kappa shape index (κ1) is 21.2. The third-order valence-corrected chi connectivity index (χ3v) is 6.88. The maximum Gasteiger partial charge on any atom is 0.317 e. The molecular weight excluding hydrogens is 412 g/mol. The number of amides is 2. The third-order valence-electron chi connectivity index (χ3n) is 5.80. The lowest BCUT2D eigenvalue weighted by Gasteiger charge is -2.34. The molecule has 1 aliphatic heterocycles. The molecule has 0 unspecified atom stereocenters. The van der Waals surface area contributed by atoms with Crippen LogP contribution in [0.25, 0.3) is 10.2 Å². The summed E-state index contributed by atoms with van der Waals surface area (Å²) >= 11 is 1.72. The number of nitrogens with zero attached hydrogens (tertiary/aromatic N) is 3. The molecule has 0 spiro atoms. The molecular formula is C23H28N4O3S. The Balaban J connectivity index is 1.33. The molecule has 31 heavy (non-hydrogen) atoms. The molecule has 0 atom stereocenters. The lowest BCUT2D eigenvalue weighted by molar-refractivity contribution is 0.194. The smallest absolute Gasteiger partial charge is 0.317 e. The summed E-state index contributed by atoms with van der Waals surface area (Å²) in [5, 5.41) is 4.04. The number of anilines is 1. The number of carbonyl (C=O) groups excluding carboxylic acids is 1. The van der Waals surface area contributed by atoms with Crippen molar-refractivity contribution in [2.75, 3.05) is 45.3 Å². The van der Waals surface area contributed by atoms with Gasteiger partial charge in [-0.05, 0) is 48.7 Å². The molecule has 2 amide bonds. The fourth-order valence-electron chi connectivity index (χ4n) is 3.73. The van der Waals surface area contributed by atoms with E-state index < -0.39 is 0 Å². The Kier molecular flexibility index (Phi) is 6.18. The van der Waals surface area contributed by atoms with Crippen LogP contribution in [0.1, 0.15) is 16.7 Å². The number of benzene rings is 2. The van der Waals surface area contributed by atoms with Gasteiger partial charge in [0.05, 0.1) is 24.4 Å². The van der Waals surface area contributed by atoms with Crippen molar-refractivity contribution in [3.8, 4) is 11.5 Å². The number of urea groups is 1. The van der Waals surface area contributed by atoms with Gasteiger partial charge in [-0.3, -0.25) is 0 Å². The van der Waals surface area contributed by atoms with Gasteiger partial charge >= 0.3 is 6.03 Å². The van der Waals surface area contributed by atoms with E-state index >= 15 is 0 Å². The van der Waals surface area contributed by atoms with Crippen LogP contribution >= 0.6 is 11.3 Å². The Labute approximate surface area is 186 Å². The highest BCUT2D eigenvalue weighted by Crippen LogP contribution is 2.32. The Morgan fingerprint density at radius 3 is 2.52 bits per heavy atom. The van der Waals surface area contributed by atoms with Gasteiger partial charge in [-0.2, -0.15) is 0 Å². The van der Waals surface area contributed by atoms with E-state index in [1.165, 1.54) is 15.8 Å². The molecule has 1 aliphatic rings. The van der Waals surface area contributed by atoms with Crippen molar-refractivity contribution in [1.29, 1.82) is 0 Å². The largest absolute Gasteiger partial charge is 0.493 e. The number of hydrogen-bond acceptors (Lipinski definition) is 6. The van der Waals surface area contributed by atoms with Gasteiger partial charge in [0.1, 0.15) is 0 Å². The molecule has 8 heteroatoms. The molecule has 2 heterocycles. The van der Waals surface area contributed by atoms with Gasteiger partial charge in [0.25, 0.3) is 0 Å². The minimum Gasteiger partial charge on any atom is -0.493 e. The summed E-state index contributed by atoms with van der Waals surface area (Å²) in [7, 11) is 3.21. The van der Waals surface area contributed by atoms with E-state index in [2.05, 4.69) is 36.2 Å². The molecule has 1 saturated heterocycles. The number of ether oxygens (including phenoxy) is 2. The Bertz CT molecular complexity index is 1090.